The third kappa shape index (κ3) is 4.56. The molecule has 0 saturated carbocycles. The highest BCUT2D eigenvalue weighted by Gasteiger charge is 2.13. The molecule has 19 heavy (non-hydrogen) atoms. The number of ether oxygens (including phenoxy) is 1. The number of aryl methyl sites for hydroxylation is 1. The van der Waals surface area contributed by atoms with Crippen LogP contribution < -0.4 is 5.32 Å². The van der Waals surface area contributed by atoms with Gasteiger partial charge in [0.2, 0.25) is 0 Å². The molecule has 0 saturated heterocycles. The molecule has 1 aromatic rings. The summed E-state index contributed by atoms with van der Waals surface area (Å²) in [5.41, 5.74) is 3.08. The minimum Gasteiger partial charge on any atom is -0.478 e. The topological polar surface area (TPSA) is 58.6 Å². The second kappa shape index (κ2) is 7.79. The molecule has 4 nitrogen and oxygen atoms in total. The van der Waals surface area contributed by atoms with Crippen molar-refractivity contribution in [3.8, 4) is 0 Å². The van der Waals surface area contributed by atoms with Crippen molar-refractivity contribution < 1.29 is 14.6 Å². The number of carbonyl (C=O) groups is 1. The van der Waals surface area contributed by atoms with Crippen LogP contribution in [0.15, 0.2) is 12.1 Å². The Balaban J connectivity index is 2.61. The first-order chi connectivity index (χ1) is 9.07. The van der Waals surface area contributed by atoms with Gasteiger partial charge in [0, 0.05) is 13.2 Å². The molecule has 0 heterocycles. The van der Waals surface area contributed by atoms with E-state index >= 15 is 0 Å². The van der Waals surface area contributed by atoms with Gasteiger partial charge in [0.25, 0.3) is 0 Å². The molecule has 0 atom stereocenters. The minimum absolute atomic E-state index is 0.316. The van der Waals surface area contributed by atoms with Gasteiger partial charge < -0.3 is 15.2 Å². The van der Waals surface area contributed by atoms with Crippen LogP contribution in [0.1, 0.15) is 41.3 Å². The molecule has 0 aliphatic rings. The van der Waals surface area contributed by atoms with E-state index in [-0.39, 0.29) is 0 Å². The second-order valence-corrected chi connectivity index (χ2v) is 4.63. The smallest absolute Gasteiger partial charge is 0.337 e. The number of nitrogens with one attached hydrogen (secondary N) is 1. The zero-order valence-corrected chi connectivity index (χ0v) is 12.0. The van der Waals surface area contributed by atoms with Crippen LogP contribution in [0.5, 0.6) is 0 Å². The van der Waals surface area contributed by atoms with Crippen molar-refractivity contribution in [1.82, 2.24) is 0 Å². The third-order valence-electron chi connectivity index (χ3n) is 3.16. The van der Waals surface area contributed by atoms with Gasteiger partial charge in [-0.3, -0.25) is 0 Å². The van der Waals surface area contributed by atoms with E-state index in [1.807, 2.05) is 19.9 Å². The molecule has 0 unspecified atom stereocenters. The molecule has 0 radical (unpaired) electrons. The van der Waals surface area contributed by atoms with E-state index in [4.69, 9.17) is 4.74 Å². The van der Waals surface area contributed by atoms with E-state index in [1.54, 1.807) is 6.07 Å². The van der Waals surface area contributed by atoms with Crippen molar-refractivity contribution >= 4 is 11.7 Å². The van der Waals surface area contributed by atoms with E-state index < -0.39 is 5.97 Å². The Morgan fingerprint density at radius 2 is 2.05 bits per heavy atom. The zero-order chi connectivity index (χ0) is 14.3. The number of anilines is 1. The summed E-state index contributed by atoms with van der Waals surface area (Å²) in [4.78, 5) is 11.2. The summed E-state index contributed by atoms with van der Waals surface area (Å²) >= 11 is 0. The molecular weight excluding hydrogens is 242 g/mol. The Hall–Kier alpha value is -1.55. The standard InChI is InChI=1S/C15H23NO3/c1-4-5-9-19-10-8-16-14-12(3)11(2)6-7-13(14)15(17)18/h6-7,16H,4-5,8-10H2,1-3H3,(H,17,18). The van der Waals surface area contributed by atoms with Crippen LogP contribution in [0.25, 0.3) is 0 Å². The van der Waals surface area contributed by atoms with Gasteiger partial charge in [-0.1, -0.05) is 19.4 Å². The molecule has 0 aliphatic carbocycles. The van der Waals surface area contributed by atoms with Crippen molar-refractivity contribution in [1.29, 1.82) is 0 Å². The van der Waals surface area contributed by atoms with E-state index in [0.29, 0.717) is 24.4 Å². The summed E-state index contributed by atoms with van der Waals surface area (Å²) in [5.74, 6) is -0.905. The summed E-state index contributed by atoms with van der Waals surface area (Å²) in [6, 6.07) is 3.48. The highest BCUT2D eigenvalue weighted by molar-refractivity contribution is 5.95. The van der Waals surface area contributed by atoms with Gasteiger partial charge in [-0.2, -0.15) is 0 Å². The van der Waals surface area contributed by atoms with Crippen molar-refractivity contribution in [2.24, 2.45) is 0 Å². The van der Waals surface area contributed by atoms with E-state index in [1.165, 1.54) is 0 Å². The molecule has 2 N–H and O–H groups in total. The molecule has 1 rings (SSSR count). The van der Waals surface area contributed by atoms with Gasteiger partial charge in [0.1, 0.15) is 0 Å². The van der Waals surface area contributed by atoms with Crippen molar-refractivity contribution in [2.45, 2.75) is 33.6 Å². The lowest BCUT2D eigenvalue weighted by Gasteiger charge is -2.14. The number of hydrogen-bond donors (Lipinski definition) is 2. The normalized spacial score (nSPS) is 10.5. The summed E-state index contributed by atoms with van der Waals surface area (Å²) in [5, 5.41) is 12.4. The van der Waals surface area contributed by atoms with Crippen LogP contribution in [0.4, 0.5) is 5.69 Å². The Morgan fingerprint density at radius 3 is 2.68 bits per heavy atom. The summed E-state index contributed by atoms with van der Waals surface area (Å²) < 4.78 is 5.46. The number of rotatable bonds is 8. The third-order valence-corrected chi connectivity index (χ3v) is 3.16. The van der Waals surface area contributed by atoms with Crippen LogP contribution in [-0.2, 0) is 4.74 Å². The molecule has 0 aliphatic heterocycles. The number of unbranched alkanes of at least 4 members (excludes halogenated alkanes) is 1. The quantitative estimate of drug-likeness (QED) is 0.708. The monoisotopic (exact) mass is 265 g/mol. The van der Waals surface area contributed by atoms with Crippen LogP contribution in [0, 0.1) is 13.8 Å². The Morgan fingerprint density at radius 1 is 1.32 bits per heavy atom. The summed E-state index contributed by atoms with van der Waals surface area (Å²) in [7, 11) is 0. The molecule has 0 aromatic heterocycles. The van der Waals surface area contributed by atoms with Gasteiger partial charge in [-0.05, 0) is 37.5 Å². The van der Waals surface area contributed by atoms with Gasteiger partial charge >= 0.3 is 5.97 Å². The average Bonchev–Trinajstić information content (AvgIpc) is 2.38. The first-order valence-electron chi connectivity index (χ1n) is 6.73. The van der Waals surface area contributed by atoms with E-state index in [0.717, 1.165) is 30.6 Å². The molecule has 106 valence electrons. The Bertz CT molecular complexity index is 430. The Kier molecular flexibility index (Phi) is 6.36. The maximum atomic E-state index is 11.2. The van der Waals surface area contributed by atoms with Crippen molar-refractivity contribution in [3.63, 3.8) is 0 Å². The first kappa shape index (κ1) is 15.5. The lowest BCUT2D eigenvalue weighted by Crippen LogP contribution is -2.14. The van der Waals surface area contributed by atoms with E-state index in [2.05, 4.69) is 12.2 Å². The lowest BCUT2D eigenvalue weighted by molar-refractivity contribution is 0.0697. The maximum absolute atomic E-state index is 11.2. The number of hydrogen-bond acceptors (Lipinski definition) is 3. The van der Waals surface area contributed by atoms with Crippen LogP contribution in [-0.4, -0.2) is 30.8 Å². The minimum atomic E-state index is -0.905. The van der Waals surface area contributed by atoms with Crippen LogP contribution in [0.2, 0.25) is 0 Å². The molecule has 0 fully saturated rings. The molecule has 0 amide bonds. The molecule has 0 spiro atoms. The molecule has 0 bridgehead atoms. The van der Waals surface area contributed by atoms with Crippen LogP contribution in [0.3, 0.4) is 0 Å². The lowest BCUT2D eigenvalue weighted by atomic mass is 10.0. The number of benzene rings is 1. The molecule has 4 heteroatoms. The Labute approximate surface area is 114 Å². The fourth-order valence-corrected chi connectivity index (χ4v) is 1.82. The number of carboxylic acids is 1. The first-order valence-corrected chi connectivity index (χ1v) is 6.73. The predicted octanol–water partition coefficient (Wildman–Crippen LogP) is 3.23. The van der Waals surface area contributed by atoms with Crippen molar-refractivity contribution in [2.75, 3.05) is 25.1 Å². The highest BCUT2D eigenvalue weighted by atomic mass is 16.5. The SMILES string of the molecule is CCCCOCCNc1c(C(=O)O)ccc(C)c1C. The van der Waals surface area contributed by atoms with Gasteiger partial charge in [0.15, 0.2) is 0 Å². The largest absolute Gasteiger partial charge is 0.478 e. The van der Waals surface area contributed by atoms with Crippen LogP contribution >= 0.6 is 0 Å². The summed E-state index contributed by atoms with van der Waals surface area (Å²) in [6.45, 7) is 8.00. The van der Waals surface area contributed by atoms with Gasteiger partial charge in [-0.15, -0.1) is 0 Å². The van der Waals surface area contributed by atoms with E-state index in [9.17, 15) is 9.90 Å². The fraction of sp³-hybridized carbons (Fsp3) is 0.533. The van der Waals surface area contributed by atoms with Gasteiger partial charge in [0.05, 0.1) is 17.9 Å². The number of carboxylic acid groups (broad SMARTS) is 1. The predicted molar refractivity (Wildman–Crippen MR) is 77.1 cm³/mol. The summed E-state index contributed by atoms with van der Waals surface area (Å²) in [6.07, 6.45) is 2.18. The molecule has 1 aromatic carbocycles. The average molecular weight is 265 g/mol. The molecular formula is C15H23NO3. The maximum Gasteiger partial charge on any atom is 0.337 e. The number of aromatic carboxylic acids is 1. The highest BCUT2D eigenvalue weighted by Crippen LogP contribution is 2.23. The fourth-order valence-electron chi connectivity index (χ4n) is 1.82. The zero-order valence-electron chi connectivity index (χ0n) is 12.0. The second-order valence-electron chi connectivity index (χ2n) is 4.63. The van der Waals surface area contributed by atoms with Gasteiger partial charge in [-0.25, -0.2) is 4.79 Å². The van der Waals surface area contributed by atoms with Crippen molar-refractivity contribution in [3.05, 3.63) is 28.8 Å².